The predicted molar refractivity (Wildman–Crippen MR) is 83.9 cm³/mol. The van der Waals surface area contributed by atoms with E-state index in [9.17, 15) is 14.0 Å². The first-order chi connectivity index (χ1) is 10.9. The fourth-order valence-corrected chi connectivity index (χ4v) is 1.87. The Balaban J connectivity index is 2.06. The first-order valence-corrected chi connectivity index (χ1v) is 6.75. The molecule has 0 aliphatic rings. The standard InChI is InChI=1S/C15H12ClFN2O4/c1-19(15(21)22)10-3-2-4-11(8-10)23-14(20)18-9-5-6-13(17)12(16)7-9/h2-8H,1H3,(H,18,20)(H,21,22). The molecule has 2 aromatic rings. The van der Waals surface area contributed by atoms with Gasteiger partial charge in [-0.15, -0.1) is 0 Å². The molecule has 0 aliphatic heterocycles. The molecule has 0 saturated heterocycles. The number of carbonyl (C=O) groups excluding carboxylic acids is 1. The van der Waals surface area contributed by atoms with E-state index in [0.29, 0.717) is 5.69 Å². The lowest BCUT2D eigenvalue weighted by molar-refractivity contribution is 0.203. The first-order valence-electron chi connectivity index (χ1n) is 6.37. The summed E-state index contributed by atoms with van der Waals surface area (Å²) in [6, 6.07) is 9.68. The van der Waals surface area contributed by atoms with Crippen LogP contribution in [-0.4, -0.2) is 24.3 Å². The van der Waals surface area contributed by atoms with Crippen LogP contribution in [0.1, 0.15) is 0 Å². The second-order valence-corrected chi connectivity index (χ2v) is 4.89. The molecule has 0 radical (unpaired) electrons. The molecule has 0 fully saturated rings. The summed E-state index contributed by atoms with van der Waals surface area (Å²) in [5, 5.41) is 11.2. The van der Waals surface area contributed by atoms with Crippen LogP contribution < -0.4 is 15.0 Å². The lowest BCUT2D eigenvalue weighted by Crippen LogP contribution is -2.23. The summed E-state index contributed by atoms with van der Waals surface area (Å²) < 4.78 is 18.1. The molecule has 2 aromatic carbocycles. The van der Waals surface area contributed by atoms with Gasteiger partial charge in [0.2, 0.25) is 0 Å². The average molecular weight is 339 g/mol. The third kappa shape index (κ3) is 4.33. The van der Waals surface area contributed by atoms with E-state index in [1.54, 1.807) is 12.1 Å². The van der Waals surface area contributed by atoms with Crippen LogP contribution >= 0.6 is 11.6 Å². The highest BCUT2D eigenvalue weighted by molar-refractivity contribution is 6.31. The van der Waals surface area contributed by atoms with Gasteiger partial charge in [0.15, 0.2) is 0 Å². The Morgan fingerprint density at radius 1 is 1.26 bits per heavy atom. The highest BCUT2D eigenvalue weighted by Crippen LogP contribution is 2.22. The van der Waals surface area contributed by atoms with Crippen molar-refractivity contribution in [3.05, 3.63) is 53.3 Å². The van der Waals surface area contributed by atoms with Crippen LogP contribution in [0.25, 0.3) is 0 Å². The van der Waals surface area contributed by atoms with Gasteiger partial charge < -0.3 is 9.84 Å². The van der Waals surface area contributed by atoms with Crippen LogP contribution in [0.4, 0.5) is 25.4 Å². The zero-order valence-electron chi connectivity index (χ0n) is 11.9. The molecular formula is C15H12ClFN2O4. The minimum Gasteiger partial charge on any atom is -0.465 e. The summed E-state index contributed by atoms with van der Waals surface area (Å²) in [7, 11) is 1.36. The van der Waals surface area contributed by atoms with Crippen molar-refractivity contribution in [2.45, 2.75) is 0 Å². The van der Waals surface area contributed by atoms with E-state index >= 15 is 0 Å². The van der Waals surface area contributed by atoms with Gasteiger partial charge >= 0.3 is 12.2 Å². The summed E-state index contributed by atoms with van der Waals surface area (Å²) in [6.45, 7) is 0. The molecule has 0 unspecified atom stereocenters. The number of carbonyl (C=O) groups is 2. The Hall–Kier alpha value is -2.80. The number of carboxylic acid groups (broad SMARTS) is 1. The molecule has 2 rings (SSSR count). The van der Waals surface area contributed by atoms with Crippen LogP contribution in [0.2, 0.25) is 5.02 Å². The van der Waals surface area contributed by atoms with E-state index in [4.69, 9.17) is 21.4 Å². The van der Waals surface area contributed by atoms with Crippen molar-refractivity contribution in [3.63, 3.8) is 0 Å². The normalized spacial score (nSPS) is 10.0. The fourth-order valence-electron chi connectivity index (χ4n) is 1.69. The largest absolute Gasteiger partial charge is 0.465 e. The molecule has 0 bridgehead atoms. The first kappa shape index (κ1) is 16.6. The Bertz CT molecular complexity index is 754. The second kappa shape index (κ2) is 6.97. The number of amides is 2. The molecule has 0 saturated carbocycles. The summed E-state index contributed by atoms with van der Waals surface area (Å²) in [4.78, 5) is 23.7. The van der Waals surface area contributed by atoms with Crippen LogP contribution in [-0.2, 0) is 0 Å². The zero-order valence-corrected chi connectivity index (χ0v) is 12.7. The van der Waals surface area contributed by atoms with Crippen LogP contribution in [0.5, 0.6) is 5.75 Å². The molecule has 8 heteroatoms. The molecule has 2 amide bonds. The molecule has 23 heavy (non-hydrogen) atoms. The molecule has 120 valence electrons. The van der Waals surface area contributed by atoms with E-state index in [1.807, 2.05) is 0 Å². The maximum atomic E-state index is 13.0. The maximum absolute atomic E-state index is 13.0. The van der Waals surface area contributed by atoms with Gasteiger partial charge in [-0.3, -0.25) is 10.2 Å². The lowest BCUT2D eigenvalue weighted by Gasteiger charge is -2.14. The molecule has 0 spiro atoms. The van der Waals surface area contributed by atoms with Gasteiger partial charge in [-0.1, -0.05) is 17.7 Å². The third-order valence-electron chi connectivity index (χ3n) is 2.87. The van der Waals surface area contributed by atoms with Crippen molar-refractivity contribution in [1.29, 1.82) is 0 Å². The highest BCUT2D eigenvalue weighted by Gasteiger charge is 2.11. The lowest BCUT2D eigenvalue weighted by atomic mass is 10.3. The number of hydrogen-bond donors (Lipinski definition) is 2. The minimum absolute atomic E-state index is 0.132. The fraction of sp³-hybridized carbons (Fsp3) is 0.0667. The van der Waals surface area contributed by atoms with Gasteiger partial charge in [0.1, 0.15) is 11.6 Å². The topological polar surface area (TPSA) is 78.9 Å². The molecule has 0 aliphatic carbocycles. The molecule has 2 N–H and O–H groups in total. The number of benzene rings is 2. The zero-order chi connectivity index (χ0) is 17.0. The molecular weight excluding hydrogens is 327 g/mol. The Labute approximate surface area is 136 Å². The Morgan fingerprint density at radius 2 is 2.00 bits per heavy atom. The summed E-state index contributed by atoms with van der Waals surface area (Å²) in [6.07, 6.45) is -1.96. The third-order valence-corrected chi connectivity index (χ3v) is 3.16. The average Bonchev–Trinajstić information content (AvgIpc) is 2.50. The van der Waals surface area contributed by atoms with E-state index in [-0.39, 0.29) is 16.5 Å². The number of nitrogens with one attached hydrogen (secondary N) is 1. The number of halogens is 2. The van der Waals surface area contributed by atoms with E-state index in [1.165, 1.54) is 31.3 Å². The number of nitrogens with zero attached hydrogens (tertiary/aromatic N) is 1. The monoisotopic (exact) mass is 338 g/mol. The smallest absolute Gasteiger partial charge is 0.417 e. The van der Waals surface area contributed by atoms with Crippen molar-refractivity contribution in [2.75, 3.05) is 17.3 Å². The van der Waals surface area contributed by atoms with Crippen molar-refractivity contribution in [3.8, 4) is 5.75 Å². The van der Waals surface area contributed by atoms with Gasteiger partial charge in [-0.25, -0.2) is 14.0 Å². The van der Waals surface area contributed by atoms with Crippen LogP contribution in [0.15, 0.2) is 42.5 Å². The van der Waals surface area contributed by atoms with E-state index < -0.39 is 18.0 Å². The predicted octanol–water partition coefficient (Wildman–Crippen LogP) is 4.20. The number of rotatable bonds is 3. The van der Waals surface area contributed by atoms with Gasteiger partial charge in [0.25, 0.3) is 0 Å². The van der Waals surface area contributed by atoms with Crippen molar-refractivity contribution in [1.82, 2.24) is 0 Å². The number of hydrogen-bond acceptors (Lipinski definition) is 3. The number of anilines is 2. The van der Waals surface area contributed by atoms with Crippen molar-refractivity contribution >= 4 is 35.2 Å². The minimum atomic E-state index is -1.15. The summed E-state index contributed by atoms with van der Waals surface area (Å²) in [5.74, 6) is -0.448. The SMILES string of the molecule is CN(C(=O)O)c1cccc(OC(=O)Nc2ccc(F)c(Cl)c2)c1. The van der Waals surface area contributed by atoms with Gasteiger partial charge in [0.05, 0.1) is 10.7 Å². The number of ether oxygens (including phenoxy) is 1. The van der Waals surface area contributed by atoms with E-state index in [0.717, 1.165) is 11.0 Å². The van der Waals surface area contributed by atoms with Gasteiger partial charge in [0, 0.05) is 18.8 Å². The second-order valence-electron chi connectivity index (χ2n) is 4.48. The van der Waals surface area contributed by atoms with Gasteiger partial charge in [-0.2, -0.15) is 0 Å². The molecule has 6 nitrogen and oxygen atoms in total. The Morgan fingerprint density at radius 3 is 2.65 bits per heavy atom. The maximum Gasteiger partial charge on any atom is 0.417 e. The van der Waals surface area contributed by atoms with E-state index in [2.05, 4.69) is 5.32 Å². The molecule has 0 aromatic heterocycles. The summed E-state index contributed by atoms with van der Waals surface area (Å²) >= 11 is 5.61. The van der Waals surface area contributed by atoms with Crippen LogP contribution in [0.3, 0.4) is 0 Å². The Kier molecular flexibility index (Phi) is 5.02. The van der Waals surface area contributed by atoms with Crippen molar-refractivity contribution < 1.29 is 23.8 Å². The molecule has 0 heterocycles. The quantitative estimate of drug-likeness (QED) is 0.878. The van der Waals surface area contributed by atoms with Gasteiger partial charge in [-0.05, 0) is 30.3 Å². The van der Waals surface area contributed by atoms with Crippen LogP contribution in [0, 0.1) is 5.82 Å². The molecule has 0 atom stereocenters. The van der Waals surface area contributed by atoms with Crippen molar-refractivity contribution in [2.24, 2.45) is 0 Å². The highest BCUT2D eigenvalue weighted by atomic mass is 35.5. The summed E-state index contributed by atoms with van der Waals surface area (Å²) in [5.41, 5.74) is 0.604.